The zero-order chi connectivity index (χ0) is 15.3. The summed E-state index contributed by atoms with van der Waals surface area (Å²) in [5.41, 5.74) is 1.04. The van der Waals surface area contributed by atoms with Gasteiger partial charge in [-0.25, -0.2) is 0 Å². The van der Waals surface area contributed by atoms with Gasteiger partial charge in [-0.15, -0.1) is 0 Å². The Hall–Kier alpha value is -1.84. The molecule has 3 rings (SSSR count). The van der Waals surface area contributed by atoms with Crippen LogP contribution in [0.25, 0.3) is 0 Å². The van der Waals surface area contributed by atoms with Gasteiger partial charge >= 0.3 is 11.9 Å². The number of hydrogen-bond acceptors (Lipinski definition) is 4. The van der Waals surface area contributed by atoms with Crippen molar-refractivity contribution in [1.82, 2.24) is 0 Å². The predicted molar refractivity (Wildman–Crippen MR) is 76.7 cm³/mol. The first-order valence-electron chi connectivity index (χ1n) is 7.21. The number of hydrogen-bond donors (Lipinski definition) is 0. The lowest BCUT2D eigenvalue weighted by Crippen LogP contribution is -2.43. The molecule has 4 nitrogen and oxygen atoms in total. The minimum absolute atomic E-state index is 0.0681. The summed E-state index contributed by atoms with van der Waals surface area (Å²) in [5, 5.41) is 0. The van der Waals surface area contributed by atoms with E-state index in [1.807, 2.05) is 18.2 Å². The van der Waals surface area contributed by atoms with Crippen LogP contribution in [0.2, 0.25) is 0 Å². The van der Waals surface area contributed by atoms with Gasteiger partial charge in [0.1, 0.15) is 0 Å². The van der Waals surface area contributed by atoms with E-state index in [1.165, 1.54) is 19.8 Å². The molecule has 4 heteroatoms. The molecule has 0 aliphatic heterocycles. The van der Waals surface area contributed by atoms with Gasteiger partial charge in [0.25, 0.3) is 0 Å². The fourth-order valence-corrected chi connectivity index (χ4v) is 4.42. The van der Waals surface area contributed by atoms with Gasteiger partial charge in [0.05, 0.1) is 14.2 Å². The van der Waals surface area contributed by atoms with E-state index >= 15 is 0 Å². The number of carbonyl (C=O) groups is 2. The zero-order valence-electron chi connectivity index (χ0n) is 12.6. The molecule has 0 unspecified atom stereocenters. The average Bonchev–Trinajstić information content (AvgIpc) is 2.75. The summed E-state index contributed by atoms with van der Waals surface area (Å²) < 4.78 is 9.98. The summed E-state index contributed by atoms with van der Waals surface area (Å²) in [4.78, 5) is 25.0. The topological polar surface area (TPSA) is 52.6 Å². The maximum absolute atomic E-state index is 12.5. The van der Waals surface area contributed by atoms with Crippen LogP contribution in [-0.2, 0) is 25.5 Å². The van der Waals surface area contributed by atoms with Crippen molar-refractivity contribution in [2.24, 2.45) is 10.8 Å². The van der Waals surface area contributed by atoms with E-state index in [2.05, 4.69) is 13.0 Å². The Morgan fingerprint density at radius 1 is 1.14 bits per heavy atom. The molecule has 21 heavy (non-hydrogen) atoms. The zero-order valence-corrected chi connectivity index (χ0v) is 12.6. The van der Waals surface area contributed by atoms with Gasteiger partial charge < -0.3 is 9.47 Å². The van der Waals surface area contributed by atoms with Crippen LogP contribution in [0.5, 0.6) is 0 Å². The van der Waals surface area contributed by atoms with Crippen LogP contribution in [0.4, 0.5) is 0 Å². The van der Waals surface area contributed by atoms with Gasteiger partial charge in [-0.1, -0.05) is 31.2 Å². The highest BCUT2D eigenvalue weighted by Crippen LogP contribution is 2.63. The molecule has 1 aromatic rings. The van der Waals surface area contributed by atoms with E-state index in [1.54, 1.807) is 0 Å². The number of fused-ring (bicyclic) bond motifs is 4. The highest BCUT2D eigenvalue weighted by atomic mass is 16.5. The fraction of sp³-hybridized carbons (Fsp3) is 0.529. The second-order valence-electron chi connectivity index (χ2n) is 6.57. The lowest BCUT2D eigenvalue weighted by molar-refractivity contribution is -0.170. The smallest absolute Gasteiger partial charge is 0.323 e. The first kappa shape index (κ1) is 14.1. The Kier molecular flexibility index (Phi) is 3.08. The van der Waals surface area contributed by atoms with Crippen molar-refractivity contribution < 1.29 is 19.1 Å². The fourth-order valence-electron chi connectivity index (χ4n) is 4.42. The van der Waals surface area contributed by atoms with Crippen molar-refractivity contribution in [3.63, 3.8) is 0 Å². The van der Waals surface area contributed by atoms with Crippen LogP contribution in [0.1, 0.15) is 36.8 Å². The van der Waals surface area contributed by atoms with Gasteiger partial charge in [0.2, 0.25) is 0 Å². The van der Waals surface area contributed by atoms with Gasteiger partial charge in [-0.3, -0.25) is 9.59 Å². The molecule has 2 atom stereocenters. The number of rotatable bonds is 2. The summed E-state index contributed by atoms with van der Waals surface area (Å²) in [6, 6.07) is 8.07. The van der Waals surface area contributed by atoms with Crippen molar-refractivity contribution in [1.29, 1.82) is 0 Å². The maximum Gasteiger partial charge on any atom is 0.323 e. The van der Waals surface area contributed by atoms with Gasteiger partial charge in [0, 0.05) is 5.92 Å². The van der Waals surface area contributed by atoms with E-state index in [9.17, 15) is 9.59 Å². The SMILES string of the molecule is COC(=O)C1(C(=O)OC)C[C@@]2(C)Cc3ccccc3[C@@H]1C2. The molecule has 2 bridgehead atoms. The van der Waals surface area contributed by atoms with Crippen LogP contribution in [0.15, 0.2) is 24.3 Å². The molecule has 1 fully saturated rings. The summed E-state index contributed by atoms with van der Waals surface area (Å²) in [5.74, 6) is -1.10. The van der Waals surface area contributed by atoms with Crippen molar-refractivity contribution in [2.75, 3.05) is 14.2 Å². The minimum Gasteiger partial charge on any atom is -0.468 e. The van der Waals surface area contributed by atoms with Crippen LogP contribution < -0.4 is 0 Å². The Labute approximate surface area is 124 Å². The second-order valence-corrected chi connectivity index (χ2v) is 6.57. The Morgan fingerprint density at radius 2 is 1.76 bits per heavy atom. The molecule has 0 N–H and O–H groups in total. The number of carbonyl (C=O) groups excluding carboxylic acids is 2. The van der Waals surface area contributed by atoms with Crippen LogP contribution >= 0.6 is 0 Å². The third kappa shape index (κ3) is 1.81. The van der Waals surface area contributed by atoms with E-state index in [-0.39, 0.29) is 11.3 Å². The summed E-state index contributed by atoms with van der Waals surface area (Å²) in [6.45, 7) is 2.14. The Bertz CT molecular complexity index is 591. The van der Waals surface area contributed by atoms with E-state index in [0.717, 1.165) is 18.4 Å². The van der Waals surface area contributed by atoms with Crippen LogP contribution in [-0.4, -0.2) is 26.2 Å². The molecule has 0 spiro atoms. The molecule has 112 valence electrons. The summed E-state index contributed by atoms with van der Waals surface area (Å²) in [7, 11) is 2.67. The standard InChI is InChI=1S/C17H20O4/c1-16-8-11-6-4-5-7-12(11)13(9-16)17(10-16,14(18)20-2)15(19)21-3/h4-7,13H,8-10H2,1-3H3/t13-,16-/m0/s1. The summed E-state index contributed by atoms with van der Waals surface area (Å²) >= 11 is 0. The molecule has 0 saturated heterocycles. The van der Waals surface area contributed by atoms with E-state index in [4.69, 9.17) is 9.47 Å². The monoisotopic (exact) mass is 288 g/mol. The summed E-state index contributed by atoms with van der Waals surface area (Å²) in [6.07, 6.45) is 2.18. The maximum atomic E-state index is 12.5. The lowest BCUT2D eigenvalue weighted by atomic mass is 9.72. The third-order valence-corrected chi connectivity index (χ3v) is 5.14. The molecule has 0 radical (unpaired) electrons. The van der Waals surface area contributed by atoms with Crippen molar-refractivity contribution in [3.8, 4) is 0 Å². The number of methoxy groups -OCH3 is 2. The van der Waals surface area contributed by atoms with Gasteiger partial charge in [-0.2, -0.15) is 0 Å². The van der Waals surface area contributed by atoms with Crippen LogP contribution in [0, 0.1) is 10.8 Å². The molecular weight excluding hydrogens is 268 g/mol. The Balaban J connectivity index is 2.20. The first-order chi connectivity index (χ1) is 9.97. The van der Waals surface area contributed by atoms with E-state index < -0.39 is 17.4 Å². The molecule has 2 aliphatic rings. The number of benzene rings is 1. The predicted octanol–water partition coefficient (Wildman–Crippen LogP) is 2.46. The number of esters is 2. The normalized spacial score (nSPS) is 28.6. The molecule has 0 amide bonds. The second kappa shape index (κ2) is 4.58. The molecule has 1 aromatic carbocycles. The average molecular weight is 288 g/mol. The van der Waals surface area contributed by atoms with Gasteiger partial charge in [-0.05, 0) is 35.8 Å². The number of ether oxygens (including phenoxy) is 2. The quantitative estimate of drug-likeness (QED) is 0.619. The molecule has 0 heterocycles. The lowest BCUT2D eigenvalue weighted by Gasteiger charge is -2.32. The molecule has 1 saturated carbocycles. The van der Waals surface area contributed by atoms with Crippen molar-refractivity contribution in [2.45, 2.75) is 32.1 Å². The molecule has 0 aromatic heterocycles. The highest BCUT2D eigenvalue weighted by Gasteiger charge is 2.65. The van der Waals surface area contributed by atoms with Crippen molar-refractivity contribution in [3.05, 3.63) is 35.4 Å². The first-order valence-corrected chi connectivity index (χ1v) is 7.21. The third-order valence-electron chi connectivity index (χ3n) is 5.14. The van der Waals surface area contributed by atoms with Gasteiger partial charge in [0.15, 0.2) is 5.41 Å². The van der Waals surface area contributed by atoms with Crippen LogP contribution in [0.3, 0.4) is 0 Å². The molecule has 2 aliphatic carbocycles. The Morgan fingerprint density at radius 3 is 2.38 bits per heavy atom. The largest absolute Gasteiger partial charge is 0.468 e. The van der Waals surface area contributed by atoms with E-state index in [0.29, 0.717) is 6.42 Å². The molecular formula is C17H20O4. The highest BCUT2D eigenvalue weighted by molar-refractivity contribution is 6.02. The minimum atomic E-state index is -1.20. The van der Waals surface area contributed by atoms with Crippen molar-refractivity contribution >= 4 is 11.9 Å².